The van der Waals surface area contributed by atoms with Crippen molar-refractivity contribution in [2.24, 2.45) is 0 Å². The SMILES string of the molecule is O=C(Cc1csc(Cc2cccc(Cl)c2)n1)Nc1ccc(N2CCCS2(=O)=O)cc1. The maximum atomic E-state index is 12.4. The molecule has 1 amide bonds. The van der Waals surface area contributed by atoms with E-state index in [-0.39, 0.29) is 18.1 Å². The summed E-state index contributed by atoms with van der Waals surface area (Å²) in [5.74, 6) is 0.00876. The van der Waals surface area contributed by atoms with Crippen molar-refractivity contribution in [3.8, 4) is 0 Å². The Morgan fingerprint density at radius 2 is 2.00 bits per heavy atom. The molecule has 1 N–H and O–H groups in total. The molecule has 0 spiro atoms. The van der Waals surface area contributed by atoms with Crippen molar-refractivity contribution in [1.82, 2.24) is 4.98 Å². The lowest BCUT2D eigenvalue weighted by molar-refractivity contribution is -0.115. The number of hydrogen-bond donors (Lipinski definition) is 1. The minimum atomic E-state index is -3.21. The van der Waals surface area contributed by atoms with Gasteiger partial charge in [-0.1, -0.05) is 23.7 Å². The van der Waals surface area contributed by atoms with E-state index in [0.29, 0.717) is 41.5 Å². The molecule has 0 bridgehead atoms. The van der Waals surface area contributed by atoms with Crippen molar-refractivity contribution in [3.05, 3.63) is 75.2 Å². The van der Waals surface area contributed by atoms with Crippen molar-refractivity contribution in [3.63, 3.8) is 0 Å². The summed E-state index contributed by atoms with van der Waals surface area (Å²) in [5.41, 5.74) is 3.03. The molecule has 0 radical (unpaired) electrons. The van der Waals surface area contributed by atoms with Crippen LogP contribution < -0.4 is 9.62 Å². The number of sulfonamides is 1. The molecule has 0 atom stereocenters. The Kier molecular flexibility index (Phi) is 6.08. The number of anilines is 2. The third kappa shape index (κ3) is 5.00. The highest BCUT2D eigenvalue weighted by atomic mass is 35.5. The number of halogens is 1. The fourth-order valence-corrected chi connectivity index (χ4v) is 5.95. The first kappa shape index (κ1) is 20.8. The average molecular weight is 462 g/mol. The molecule has 1 saturated heterocycles. The van der Waals surface area contributed by atoms with Gasteiger partial charge >= 0.3 is 0 Å². The predicted molar refractivity (Wildman–Crippen MR) is 121 cm³/mol. The van der Waals surface area contributed by atoms with E-state index < -0.39 is 10.0 Å². The van der Waals surface area contributed by atoms with Crippen molar-refractivity contribution in [2.75, 3.05) is 21.9 Å². The van der Waals surface area contributed by atoms with Gasteiger partial charge in [0.2, 0.25) is 15.9 Å². The molecule has 0 aliphatic carbocycles. The normalized spacial score (nSPS) is 15.3. The second-order valence-corrected chi connectivity index (χ2v) is 10.4. The Morgan fingerprint density at radius 1 is 1.20 bits per heavy atom. The maximum absolute atomic E-state index is 12.4. The van der Waals surface area contributed by atoms with E-state index in [1.807, 2.05) is 29.6 Å². The number of nitrogens with zero attached hydrogens (tertiary/aromatic N) is 2. The van der Waals surface area contributed by atoms with Gasteiger partial charge in [0.25, 0.3) is 0 Å². The zero-order chi connectivity index (χ0) is 21.1. The van der Waals surface area contributed by atoms with Gasteiger partial charge in [-0.25, -0.2) is 13.4 Å². The number of amides is 1. The molecule has 0 saturated carbocycles. The molecule has 6 nitrogen and oxygen atoms in total. The van der Waals surface area contributed by atoms with E-state index in [1.54, 1.807) is 24.3 Å². The first-order valence-electron chi connectivity index (χ1n) is 9.47. The van der Waals surface area contributed by atoms with Gasteiger partial charge in [0.05, 0.1) is 28.6 Å². The van der Waals surface area contributed by atoms with Crippen molar-refractivity contribution in [2.45, 2.75) is 19.3 Å². The van der Waals surface area contributed by atoms with Gasteiger partial charge in [0, 0.05) is 29.1 Å². The zero-order valence-electron chi connectivity index (χ0n) is 16.0. The third-order valence-corrected chi connectivity index (χ3v) is 7.73. The summed E-state index contributed by atoms with van der Waals surface area (Å²) < 4.78 is 25.4. The summed E-state index contributed by atoms with van der Waals surface area (Å²) in [7, 11) is -3.21. The summed E-state index contributed by atoms with van der Waals surface area (Å²) in [4.78, 5) is 16.9. The van der Waals surface area contributed by atoms with Gasteiger partial charge in [-0.05, 0) is 48.4 Å². The highest BCUT2D eigenvalue weighted by Gasteiger charge is 2.28. The Labute approximate surface area is 184 Å². The molecule has 9 heteroatoms. The van der Waals surface area contributed by atoms with Crippen LogP contribution in [0.1, 0.15) is 22.7 Å². The van der Waals surface area contributed by atoms with Crippen LogP contribution in [-0.2, 0) is 27.7 Å². The molecule has 4 rings (SSSR count). The lowest BCUT2D eigenvalue weighted by atomic mass is 10.2. The Morgan fingerprint density at radius 3 is 2.70 bits per heavy atom. The summed E-state index contributed by atoms with van der Waals surface area (Å²) in [6.45, 7) is 0.495. The van der Waals surface area contributed by atoms with Crippen LogP contribution in [0.25, 0.3) is 0 Å². The standard InChI is InChI=1S/C21H20ClN3O3S2/c22-16-4-1-3-15(11-16)12-21-24-18(14-29-21)13-20(26)23-17-5-7-19(8-6-17)25-9-2-10-30(25,27)28/h1,3-8,11,14H,2,9-10,12-13H2,(H,23,26). The van der Waals surface area contributed by atoms with Crippen molar-refractivity contribution >= 4 is 50.2 Å². The first-order chi connectivity index (χ1) is 14.4. The van der Waals surface area contributed by atoms with Crippen LogP contribution in [0.3, 0.4) is 0 Å². The molecule has 1 fully saturated rings. The van der Waals surface area contributed by atoms with E-state index in [2.05, 4.69) is 10.3 Å². The van der Waals surface area contributed by atoms with Crippen LogP contribution in [0.15, 0.2) is 53.9 Å². The summed E-state index contributed by atoms with van der Waals surface area (Å²) >= 11 is 7.54. The van der Waals surface area contributed by atoms with Gasteiger partial charge in [0.1, 0.15) is 0 Å². The van der Waals surface area contributed by atoms with Crippen LogP contribution in [0.2, 0.25) is 5.02 Å². The molecule has 1 aromatic heterocycles. The molecular formula is C21H20ClN3O3S2. The lowest BCUT2D eigenvalue weighted by Gasteiger charge is -2.17. The fourth-order valence-electron chi connectivity index (χ4n) is 3.34. The second-order valence-electron chi connectivity index (χ2n) is 7.05. The van der Waals surface area contributed by atoms with Gasteiger partial charge in [-0.2, -0.15) is 0 Å². The van der Waals surface area contributed by atoms with Gasteiger partial charge in [0.15, 0.2) is 0 Å². The van der Waals surface area contributed by atoms with E-state index in [4.69, 9.17) is 11.6 Å². The minimum Gasteiger partial charge on any atom is -0.326 e. The fraction of sp³-hybridized carbons (Fsp3) is 0.238. The molecule has 1 aliphatic rings. The highest BCUT2D eigenvalue weighted by Crippen LogP contribution is 2.25. The molecule has 2 aromatic carbocycles. The van der Waals surface area contributed by atoms with Crippen molar-refractivity contribution in [1.29, 1.82) is 0 Å². The largest absolute Gasteiger partial charge is 0.326 e. The van der Waals surface area contributed by atoms with Crippen LogP contribution in [0.4, 0.5) is 11.4 Å². The zero-order valence-corrected chi connectivity index (χ0v) is 18.4. The molecule has 0 unspecified atom stereocenters. The quantitative estimate of drug-likeness (QED) is 0.599. The number of carbonyl (C=O) groups excluding carboxylic acids is 1. The Bertz CT molecular complexity index is 1160. The van der Waals surface area contributed by atoms with Crippen LogP contribution >= 0.6 is 22.9 Å². The number of hydrogen-bond acceptors (Lipinski definition) is 5. The number of thiazole rings is 1. The lowest BCUT2D eigenvalue weighted by Crippen LogP contribution is -2.25. The smallest absolute Gasteiger partial charge is 0.235 e. The molecule has 30 heavy (non-hydrogen) atoms. The van der Waals surface area contributed by atoms with Crippen molar-refractivity contribution < 1.29 is 13.2 Å². The van der Waals surface area contributed by atoms with E-state index in [1.165, 1.54) is 15.6 Å². The van der Waals surface area contributed by atoms with E-state index >= 15 is 0 Å². The Hall–Kier alpha value is -2.42. The van der Waals surface area contributed by atoms with E-state index in [9.17, 15) is 13.2 Å². The van der Waals surface area contributed by atoms with Gasteiger partial charge in [-0.15, -0.1) is 11.3 Å². The van der Waals surface area contributed by atoms with Crippen LogP contribution in [0.5, 0.6) is 0 Å². The Balaban J connectivity index is 1.34. The number of nitrogens with one attached hydrogen (secondary N) is 1. The van der Waals surface area contributed by atoms with Gasteiger partial charge in [-0.3, -0.25) is 9.10 Å². The summed E-state index contributed by atoms with van der Waals surface area (Å²) in [6, 6.07) is 14.5. The third-order valence-electron chi connectivity index (χ3n) is 4.72. The molecule has 1 aliphatic heterocycles. The number of carbonyl (C=O) groups is 1. The predicted octanol–water partition coefficient (Wildman–Crippen LogP) is 4.11. The number of aromatic nitrogens is 1. The number of benzene rings is 2. The summed E-state index contributed by atoms with van der Waals surface area (Å²) in [5, 5.41) is 6.34. The molecule has 3 aromatic rings. The molecule has 156 valence electrons. The van der Waals surface area contributed by atoms with E-state index in [0.717, 1.165) is 10.6 Å². The highest BCUT2D eigenvalue weighted by molar-refractivity contribution is 7.93. The van der Waals surface area contributed by atoms with Crippen LogP contribution in [0, 0.1) is 0 Å². The van der Waals surface area contributed by atoms with Crippen LogP contribution in [-0.4, -0.2) is 31.6 Å². The average Bonchev–Trinajstić information content (AvgIpc) is 3.27. The first-order valence-corrected chi connectivity index (χ1v) is 12.3. The monoisotopic (exact) mass is 461 g/mol. The molecular weight excluding hydrogens is 442 g/mol. The second kappa shape index (κ2) is 8.75. The summed E-state index contributed by atoms with van der Waals surface area (Å²) in [6.07, 6.45) is 1.48. The minimum absolute atomic E-state index is 0.170. The maximum Gasteiger partial charge on any atom is 0.235 e. The topological polar surface area (TPSA) is 79.4 Å². The van der Waals surface area contributed by atoms with Gasteiger partial charge < -0.3 is 5.32 Å². The molecule has 2 heterocycles. The number of rotatable bonds is 6.